The molecule has 1 aliphatic rings. The molecule has 0 N–H and O–H groups in total. The quantitative estimate of drug-likeness (QED) is 0.449. The zero-order chi connectivity index (χ0) is 18.0. The van der Waals surface area contributed by atoms with E-state index in [0.29, 0.717) is 24.7 Å². The molecular formula is C21H23BrO3. The Balaban J connectivity index is 1.88. The zero-order valence-corrected chi connectivity index (χ0v) is 16.5. The van der Waals surface area contributed by atoms with Crippen molar-refractivity contribution >= 4 is 21.9 Å². The second kappa shape index (κ2) is 7.61. The molecule has 0 heterocycles. The maximum atomic E-state index is 11.8. The standard InChI is InChI=1S/C21H23BrO3/c1-4-21(23)25-19-7-5-6-16(15-8-9-15)17(19)12-24-20-11-14(3)13(2)10-18(20)22/h5-7,10-11,15H,4,8-9,12H2,1-3H3. The van der Waals surface area contributed by atoms with Gasteiger partial charge in [0.15, 0.2) is 0 Å². The van der Waals surface area contributed by atoms with E-state index in [-0.39, 0.29) is 5.97 Å². The third kappa shape index (κ3) is 4.24. The highest BCUT2D eigenvalue weighted by atomic mass is 79.9. The second-order valence-electron chi connectivity index (χ2n) is 6.58. The van der Waals surface area contributed by atoms with Crippen LogP contribution in [0.15, 0.2) is 34.8 Å². The molecule has 0 amide bonds. The van der Waals surface area contributed by atoms with Crippen LogP contribution in [-0.4, -0.2) is 5.97 Å². The molecule has 0 aliphatic heterocycles. The molecule has 1 aliphatic carbocycles. The van der Waals surface area contributed by atoms with Gasteiger partial charge in [-0.15, -0.1) is 0 Å². The number of benzene rings is 2. The van der Waals surface area contributed by atoms with Crippen LogP contribution in [-0.2, 0) is 11.4 Å². The minimum absolute atomic E-state index is 0.221. The minimum atomic E-state index is -0.221. The lowest BCUT2D eigenvalue weighted by atomic mass is 10.0. The van der Waals surface area contributed by atoms with E-state index in [4.69, 9.17) is 9.47 Å². The molecule has 0 bridgehead atoms. The summed E-state index contributed by atoms with van der Waals surface area (Å²) in [5, 5.41) is 0. The van der Waals surface area contributed by atoms with E-state index in [1.807, 2.05) is 18.2 Å². The van der Waals surface area contributed by atoms with Gasteiger partial charge < -0.3 is 9.47 Å². The molecule has 132 valence electrons. The third-order valence-corrected chi connectivity index (χ3v) is 5.24. The van der Waals surface area contributed by atoms with Gasteiger partial charge in [0.05, 0.1) is 4.47 Å². The van der Waals surface area contributed by atoms with Gasteiger partial charge in [0.2, 0.25) is 0 Å². The SMILES string of the molecule is CCC(=O)Oc1cccc(C2CC2)c1COc1cc(C)c(C)cc1Br. The van der Waals surface area contributed by atoms with E-state index in [1.165, 1.54) is 29.5 Å². The molecule has 25 heavy (non-hydrogen) atoms. The first-order chi connectivity index (χ1) is 12.0. The number of ether oxygens (including phenoxy) is 2. The van der Waals surface area contributed by atoms with Crippen molar-refractivity contribution in [2.75, 3.05) is 0 Å². The van der Waals surface area contributed by atoms with Gasteiger partial charge in [-0.25, -0.2) is 0 Å². The number of hydrogen-bond donors (Lipinski definition) is 0. The van der Waals surface area contributed by atoms with E-state index in [1.54, 1.807) is 6.92 Å². The van der Waals surface area contributed by atoms with E-state index in [0.717, 1.165) is 15.8 Å². The van der Waals surface area contributed by atoms with E-state index in [2.05, 4.69) is 41.9 Å². The van der Waals surface area contributed by atoms with Crippen LogP contribution in [0.1, 0.15) is 54.4 Å². The van der Waals surface area contributed by atoms with Crippen molar-refractivity contribution in [1.82, 2.24) is 0 Å². The Bertz CT molecular complexity index is 794. The molecule has 0 aromatic heterocycles. The maximum Gasteiger partial charge on any atom is 0.310 e. The molecule has 4 heteroatoms. The fourth-order valence-electron chi connectivity index (χ4n) is 2.82. The van der Waals surface area contributed by atoms with Crippen LogP contribution < -0.4 is 9.47 Å². The normalized spacial score (nSPS) is 13.6. The Morgan fingerprint density at radius 1 is 1.16 bits per heavy atom. The van der Waals surface area contributed by atoms with Crippen LogP contribution in [0.3, 0.4) is 0 Å². The second-order valence-corrected chi connectivity index (χ2v) is 7.44. The summed E-state index contributed by atoms with van der Waals surface area (Å²) in [7, 11) is 0. The van der Waals surface area contributed by atoms with Crippen LogP contribution in [0.4, 0.5) is 0 Å². The predicted octanol–water partition coefficient (Wildman–Crippen LogP) is 5.84. The van der Waals surface area contributed by atoms with Gasteiger partial charge in [0, 0.05) is 12.0 Å². The molecule has 2 aromatic rings. The molecule has 1 saturated carbocycles. The molecule has 0 atom stereocenters. The third-order valence-electron chi connectivity index (χ3n) is 4.62. The fraction of sp³-hybridized carbons (Fsp3) is 0.381. The Kier molecular flexibility index (Phi) is 5.48. The number of esters is 1. The number of aryl methyl sites for hydroxylation is 2. The summed E-state index contributed by atoms with van der Waals surface area (Å²) in [5.41, 5.74) is 4.62. The molecule has 0 saturated heterocycles. The topological polar surface area (TPSA) is 35.5 Å². The first-order valence-corrected chi connectivity index (χ1v) is 9.51. The first kappa shape index (κ1) is 18.0. The Morgan fingerprint density at radius 3 is 2.56 bits per heavy atom. The molecule has 2 aromatic carbocycles. The van der Waals surface area contributed by atoms with Gasteiger partial charge in [-0.05, 0) is 83.4 Å². The van der Waals surface area contributed by atoms with Crippen LogP contribution in [0.25, 0.3) is 0 Å². The van der Waals surface area contributed by atoms with Gasteiger partial charge in [-0.2, -0.15) is 0 Å². The van der Waals surface area contributed by atoms with Crippen molar-refractivity contribution in [2.24, 2.45) is 0 Å². The summed E-state index contributed by atoms with van der Waals surface area (Å²) in [5.74, 6) is 1.77. The van der Waals surface area contributed by atoms with Crippen molar-refractivity contribution < 1.29 is 14.3 Å². The molecule has 3 rings (SSSR count). The summed E-state index contributed by atoms with van der Waals surface area (Å²) < 4.78 is 12.6. The summed E-state index contributed by atoms with van der Waals surface area (Å²) in [6, 6.07) is 10.0. The van der Waals surface area contributed by atoms with Crippen molar-refractivity contribution in [3.8, 4) is 11.5 Å². The van der Waals surface area contributed by atoms with E-state index in [9.17, 15) is 4.79 Å². The van der Waals surface area contributed by atoms with Crippen LogP contribution in [0.2, 0.25) is 0 Å². The fourth-order valence-corrected chi connectivity index (χ4v) is 3.39. The average molecular weight is 403 g/mol. The molecule has 0 unspecified atom stereocenters. The van der Waals surface area contributed by atoms with Crippen LogP contribution in [0, 0.1) is 13.8 Å². The number of hydrogen-bond acceptors (Lipinski definition) is 3. The van der Waals surface area contributed by atoms with Crippen molar-refractivity contribution in [2.45, 2.75) is 52.6 Å². The minimum Gasteiger partial charge on any atom is -0.488 e. The van der Waals surface area contributed by atoms with Crippen molar-refractivity contribution in [3.63, 3.8) is 0 Å². The van der Waals surface area contributed by atoms with Gasteiger partial charge >= 0.3 is 5.97 Å². The molecule has 1 fully saturated rings. The molecular weight excluding hydrogens is 380 g/mol. The van der Waals surface area contributed by atoms with E-state index >= 15 is 0 Å². The lowest BCUT2D eigenvalue weighted by Crippen LogP contribution is -2.10. The summed E-state index contributed by atoms with van der Waals surface area (Å²) >= 11 is 3.57. The number of rotatable bonds is 6. The molecule has 3 nitrogen and oxygen atoms in total. The maximum absolute atomic E-state index is 11.8. The molecule has 0 radical (unpaired) electrons. The average Bonchev–Trinajstić information content (AvgIpc) is 3.42. The smallest absolute Gasteiger partial charge is 0.310 e. The highest BCUT2D eigenvalue weighted by Gasteiger charge is 2.28. The summed E-state index contributed by atoms with van der Waals surface area (Å²) in [6.07, 6.45) is 2.73. The predicted molar refractivity (Wildman–Crippen MR) is 102 cm³/mol. The number of carbonyl (C=O) groups excluding carboxylic acids is 1. The Morgan fingerprint density at radius 2 is 1.88 bits per heavy atom. The highest BCUT2D eigenvalue weighted by Crippen LogP contribution is 2.44. The van der Waals surface area contributed by atoms with Crippen LogP contribution in [0.5, 0.6) is 11.5 Å². The van der Waals surface area contributed by atoms with Gasteiger partial charge in [0.1, 0.15) is 18.1 Å². The van der Waals surface area contributed by atoms with Gasteiger partial charge in [-0.3, -0.25) is 4.79 Å². The zero-order valence-electron chi connectivity index (χ0n) is 14.9. The summed E-state index contributed by atoms with van der Waals surface area (Å²) in [4.78, 5) is 11.8. The monoisotopic (exact) mass is 402 g/mol. The Hall–Kier alpha value is -1.81. The van der Waals surface area contributed by atoms with Crippen molar-refractivity contribution in [3.05, 3.63) is 57.1 Å². The molecule has 0 spiro atoms. The van der Waals surface area contributed by atoms with Gasteiger partial charge in [-0.1, -0.05) is 19.1 Å². The summed E-state index contributed by atoms with van der Waals surface area (Å²) in [6.45, 7) is 6.34. The van der Waals surface area contributed by atoms with Gasteiger partial charge in [0.25, 0.3) is 0 Å². The lowest BCUT2D eigenvalue weighted by Gasteiger charge is -2.16. The largest absolute Gasteiger partial charge is 0.488 e. The van der Waals surface area contributed by atoms with Crippen LogP contribution >= 0.6 is 15.9 Å². The van der Waals surface area contributed by atoms with Crippen molar-refractivity contribution in [1.29, 1.82) is 0 Å². The van der Waals surface area contributed by atoms with E-state index < -0.39 is 0 Å². The Labute approximate surface area is 157 Å². The lowest BCUT2D eigenvalue weighted by molar-refractivity contribution is -0.134. The number of halogens is 1. The first-order valence-electron chi connectivity index (χ1n) is 8.71. The number of carbonyl (C=O) groups is 1. The highest BCUT2D eigenvalue weighted by molar-refractivity contribution is 9.10.